The Kier molecular flexibility index (Phi) is 4.93. The van der Waals surface area contributed by atoms with Gasteiger partial charge in [0, 0.05) is 14.7 Å². The molecule has 0 radical (unpaired) electrons. The molecular weight excluding hydrogens is 351 g/mol. The van der Waals surface area contributed by atoms with E-state index in [0.717, 1.165) is 14.7 Å². The third-order valence-corrected chi connectivity index (χ3v) is 3.51. The first-order valence-electron chi connectivity index (χ1n) is 5.69. The van der Waals surface area contributed by atoms with Gasteiger partial charge < -0.3 is 4.84 Å². The van der Waals surface area contributed by atoms with Crippen molar-refractivity contribution in [1.82, 2.24) is 0 Å². The summed E-state index contributed by atoms with van der Waals surface area (Å²) in [4.78, 5) is 5.24. The van der Waals surface area contributed by atoms with Crippen molar-refractivity contribution in [1.29, 1.82) is 5.26 Å². The van der Waals surface area contributed by atoms with Crippen LogP contribution < -0.4 is 0 Å². The molecule has 0 aliphatic heterocycles. The lowest BCUT2D eigenvalue weighted by molar-refractivity contribution is 0.132. The highest BCUT2D eigenvalue weighted by Gasteiger charge is 2.00. The smallest absolute Gasteiger partial charge is 0.143 e. The number of hydrogen-bond acceptors (Lipinski definition) is 3. The molecule has 3 nitrogen and oxygen atoms in total. The van der Waals surface area contributed by atoms with Crippen LogP contribution in [0.25, 0.3) is 0 Å². The van der Waals surface area contributed by atoms with Gasteiger partial charge in [-0.25, -0.2) is 0 Å². The molecule has 0 aliphatic rings. The number of oxime groups is 1. The fraction of sp³-hybridized carbons (Fsp3) is 0.0667. The summed E-state index contributed by atoms with van der Waals surface area (Å²) in [5, 5.41) is 12.9. The topological polar surface area (TPSA) is 45.4 Å². The van der Waals surface area contributed by atoms with Gasteiger partial charge in [0.1, 0.15) is 6.61 Å². The summed E-state index contributed by atoms with van der Waals surface area (Å²) in [7, 11) is 0. The predicted octanol–water partition coefficient (Wildman–Crippen LogP) is 3.71. The second kappa shape index (κ2) is 6.90. The van der Waals surface area contributed by atoms with Crippen molar-refractivity contribution in [3.8, 4) is 6.07 Å². The highest BCUT2D eigenvalue weighted by atomic mass is 127. The van der Waals surface area contributed by atoms with Crippen LogP contribution in [-0.4, -0.2) is 6.21 Å². The summed E-state index contributed by atoms with van der Waals surface area (Å²) in [5.41, 5.74) is 2.47. The molecule has 0 heterocycles. The molecule has 0 unspecified atom stereocenters. The van der Waals surface area contributed by atoms with E-state index in [1.54, 1.807) is 12.3 Å². The van der Waals surface area contributed by atoms with Crippen molar-refractivity contribution in [2.45, 2.75) is 6.61 Å². The Morgan fingerprint density at radius 1 is 1.16 bits per heavy atom. The Labute approximate surface area is 125 Å². The van der Waals surface area contributed by atoms with Gasteiger partial charge in [0.05, 0.1) is 17.8 Å². The molecule has 0 amide bonds. The minimum atomic E-state index is 0.295. The molecule has 2 rings (SSSR count). The number of rotatable bonds is 4. The maximum absolute atomic E-state index is 8.94. The van der Waals surface area contributed by atoms with Crippen molar-refractivity contribution in [2.75, 3.05) is 0 Å². The quantitative estimate of drug-likeness (QED) is 0.473. The molecule has 0 atom stereocenters. The van der Waals surface area contributed by atoms with Gasteiger partial charge in [-0.3, -0.25) is 0 Å². The fourth-order valence-corrected chi connectivity index (χ4v) is 2.06. The minimum Gasteiger partial charge on any atom is -0.391 e. The summed E-state index contributed by atoms with van der Waals surface area (Å²) >= 11 is 2.25. The van der Waals surface area contributed by atoms with Crippen LogP contribution in [0.15, 0.2) is 53.7 Å². The zero-order chi connectivity index (χ0) is 13.5. The largest absolute Gasteiger partial charge is 0.391 e. The number of halogens is 1. The summed E-state index contributed by atoms with van der Waals surface area (Å²) in [6, 6.07) is 17.4. The predicted molar refractivity (Wildman–Crippen MR) is 82.7 cm³/mol. The Morgan fingerprint density at radius 3 is 2.68 bits per heavy atom. The molecule has 0 N–H and O–H groups in total. The molecule has 0 spiro atoms. The average molecular weight is 362 g/mol. The van der Waals surface area contributed by atoms with Gasteiger partial charge in [-0.15, -0.1) is 0 Å². The Balaban J connectivity index is 1.98. The van der Waals surface area contributed by atoms with Crippen molar-refractivity contribution in [2.24, 2.45) is 5.16 Å². The van der Waals surface area contributed by atoms with E-state index in [0.29, 0.717) is 12.2 Å². The Morgan fingerprint density at radius 2 is 1.89 bits per heavy atom. The summed E-state index contributed by atoms with van der Waals surface area (Å²) in [5.74, 6) is 0. The lowest BCUT2D eigenvalue weighted by Crippen LogP contribution is -1.92. The van der Waals surface area contributed by atoms with Gasteiger partial charge in [-0.2, -0.15) is 5.26 Å². The molecule has 0 saturated carbocycles. The third-order valence-electron chi connectivity index (χ3n) is 2.53. The van der Waals surface area contributed by atoms with Crippen LogP contribution in [-0.2, 0) is 11.4 Å². The Bertz CT molecular complexity index is 632. The molecule has 2 aromatic carbocycles. The van der Waals surface area contributed by atoms with Gasteiger partial charge in [0.15, 0.2) is 0 Å². The number of hydrogen-bond donors (Lipinski definition) is 0. The van der Waals surface area contributed by atoms with Gasteiger partial charge in [-0.1, -0.05) is 41.6 Å². The van der Waals surface area contributed by atoms with Crippen molar-refractivity contribution in [3.05, 3.63) is 68.8 Å². The first-order chi connectivity index (χ1) is 9.31. The first kappa shape index (κ1) is 13.6. The van der Waals surface area contributed by atoms with E-state index in [1.807, 2.05) is 42.5 Å². The molecule has 19 heavy (non-hydrogen) atoms. The summed E-state index contributed by atoms with van der Waals surface area (Å²) in [6.07, 6.45) is 1.68. The van der Waals surface area contributed by atoms with Crippen LogP contribution in [0.2, 0.25) is 0 Å². The normalized spacial score (nSPS) is 10.3. The van der Waals surface area contributed by atoms with Crippen LogP contribution in [0.4, 0.5) is 0 Å². The molecule has 0 bridgehead atoms. The van der Waals surface area contributed by atoms with Crippen LogP contribution in [0.1, 0.15) is 16.7 Å². The van der Waals surface area contributed by atoms with Crippen molar-refractivity contribution in [3.63, 3.8) is 0 Å². The molecule has 0 fully saturated rings. The van der Waals surface area contributed by atoms with Crippen molar-refractivity contribution < 1.29 is 4.84 Å². The van der Waals surface area contributed by atoms with Gasteiger partial charge in [-0.05, 0) is 34.7 Å². The van der Waals surface area contributed by atoms with Crippen LogP contribution >= 0.6 is 22.6 Å². The molecule has 4 heteroatoms. The van der Waals surface area contributed by atoms with E-state index in [4.69, 9.17) is 10.1 Å². The van der Waals surface area contributed by atoms with E-state index < -0.39 is 0 Å². The summed E-state index contributed by atoms with van der Waals surface area (Å²) < 4.78 is 1.12. The van der Waals surface area contributed by atoms with Gasteiger partial charge >= 0.3 is 0 Å². The zero-order valence-corrected chi connectivity index (χ0v) is 12.2. The molecular formula is C15H11IN2O. The van der Waals surface area contributed by atoms with Gasteiger partial charge in [0.2, 0.25) is 0 Å². The van der Waals surface area contributed by atoms with E-state index in [9.17, 15) is 0 Å². The number of nitriles is 1. The highest BCUT2D eigenvalue weighted by molar-refractivity contribution is 14.1. The van der Waals surface area contributed by atoms with Crippen LogP contribution in [0, 0.1) is 14.9 Å². The monoisotopic (exact) mass is 362 g/mol. The first-order valence-corrected chi connectivity index (χ1v) is 6.77. The fourth-order valence-electron chi connectivity index (χ4n) is 1.54. The van der Waals surface area contributed by atoms with E-state index in [2.05, 4.69) is 33.8 Å². The van der Waals surface area contributed by atoms with E-state index in [1.165, 1.54) is 0 Å². The Hall–Kier alpha value is -1.87. The third kappa shape index (κ3) is 3.80. The SMILES string of the molecule is N#Cc1ccccc1CO/N=C\c1ccccc1I. The van der Waals surface area contributed by atoms with Gasteiger partial charge in [0.25, 0.3) is 0 Å². The average Bonchev–Trinajstić information content (AvgIpc) is 2.45. The minimum absolute atomic E-state index is 0.295. The van der Waals surface area contributed by atoms with E-state index >= 15 is 0 Å². The number of nitrogens with zero attached hydrogens (tertiary/aromatic N) is 2. The molecule has 0 saturated heterocycles. The molecule has 0 aliphatic carbocycles. The molecule has 0 aromatic heterocycles. The standard InChI is InChI=1S/C15H11IN2O/c16-15-8-4-3-6-13(15)10-18-19-11-14-7-2-1-5-12(14)9-17/h1-8,10H,11H2/b18-10-. The zero-order valence-electron chi connectivity index (χ0n) is 10.1. The molecule has 94 valence electrons. The van der Waals surface area contributed by atoms with Crippen LogP contribution in [0.3, 0.4) is 0 Å². The van der Waals surface area contributed by atoms with Crippen LogP contribution in [0.5, 0.6) is 0 Å². The summed E-state index contributed by atoms with van der Waals surface area (Å²) in [6.45, 7) is 0.295. The second-order valence-corrected chi connectivity index (χ2v) is 4.96. The highest BCUT2D eigenvalue weighted by Crippen LogP contribution is 2.10. The van der Waals surface area contributed by atoms with Crippen molar-refractivity contribution >= 4 is 28.8 Å². The second-order valence-electron chi connectivity index (χ2n) is 3.80. The number of benzene rings is 2. The lowest BCUT2D eigenvalue weighted by Gasteiger charge is -2.02. The molecule has 2 aromatic rings. The maximum Gasteiger partial charge on any atom is 0.143 e. The lowest BCUT2D eigenvalue weighted by atomic mass is 10.1. The van der Waals surface area contributed by atoms with E-state index in [-0.39, 0.29) is 0 Å². The maximum atomic E-state index is 8.94.